The molecule has 1 N–H and O–H groups in total. The summed E-state index contributed by atoms with van der Waals surface area (Å²) in [6, 6.07) is 3.61. The second kappa shape index (κ2) is 7.53. The standard InChI is InChI=1S/C10H9I3N2O4S/c1-20(18,19)15-8(16)4-14-10(17)6-2-5(11)3-7(12)9(6)13/h2-3H,4H2,1H3,(H,14,17)(H,15,16)/p-1. The molecule has 0 aliphatic heterocycles. The lowest BCUT2D eigenvalue weighted by Gasteiger charge is -2.12. The van der Waals surface area contributed by atoms with Crippen LogP contribution in [0.15, 0.2) is 16.5 Å². The number of rotatable bonds is 4. The van der Waals surface area contributed by atoms with Gasteiger partial charge in [0.1, 0.15) is 0 Å². The van der Waals surface area contributed by atoms with E-state index >= 15 is 0 Å². The van der Waals surface area contributed by atoms with Crippen LogP contribution in [0, 0.1) is 10.7 Å². The van der Waals surface area contributed by atoms with Crippen molar-refractivity contribution in [2.75, 3.05) is 12.8 Å². The van der Waals surface area contributed by atoms with Crippen molar-refractivity contribution in [3.63, 3.8) is 0 Å². The maximum atomic E-state index is 12.0. The van der Waals surface area contributed by atoms with Gasteiger partial charge in [-0.3, -0.25) is 4.79 Å². The maximum absolute atomic E-state index is 12.0. The summed E-state index contributed by atoms with van der Waals surface area (Å²) in [5.41, 5.74) is 0.439. The Morgan fingerprint density at radius 1 is 1.35 bits per heavy atom. The van der Waals surface area contributed by atoms with E-state index in [9.17, 15) is 18.3 Å². The molecular formula is C10H8I3N2O4S-. The highest BCUT2D eigenvalue weighted by molar-refractivity contribution is 14.1. The number of sulfonamides is 1. The molecule has 0 aromatic heterocycles. The van der Waals surface area contributed by atoms with Crippen molar-refractivity contribution in [1.29, 1.82) is 0 Å². The van der Waals surface area contributed by atoms with Crippen molar-refractivity contribution < 1.29 is 18.3 Å². The molecule has 0 aliphatic rings. The van der Waals surface area contributed by atoms with Gasteiger partial charge in [-0.25, -0.2) is 8.42 Å². The molecule has 0 spiro atoms. The minimum absolute atomic E-state index is 0.439. The summed E-state index contributed by atoms with van der Waals surface area (Å²) in [5, 5.41) is 13.6. The smallest absolute Gasteiger partial charge is 0.252 e. The number of hydrogen-bond donors (Lipinski definition) is 1. The first-order valence-corrected chi connectivity index (χ1v) is 10.1. The van der Waals surface area contributed by atoms with Gasteiger partial charge < -0.3 is 10.4 Å². The highest BCUT2D eigenvalue weighted by Crippen LogP contribution is 2.22. The van der Waals surface area contributed by atoms with Crippen molar-refractivity contribution in [2.24, 2.45) is 4.40 Å². The van der Waals surface area contributed by atoms with Crippen LogP contribution in [-0.2, 0) is 10.0 Å². The van der Waals surface area contributed by atoms with Gasteiger partial charge in [0.2, 0.25) is 10.0 Å². The monoisotopic (exact) mass is 633 g/mol. The number of nitrogens with zero attached hydrogens (tertiary/aromatic N) is 1. The number of nitrogens with one attached hydrogen (secondary N) is 1. The molecule has 0 atom stereocenters. The van der Waals surface area contributed by atoms with Gasteiger partial charge in [-0.2, -0.15) is 4.40 Å². The van der Waals surface area contributed by atoms with E-state index in [0.717, 1.165) is 17.0 Å². The summed E-state index contributed by atoms with van der Waals surface area (Å²) in [4.78, 5) is 12.0. The number of carbonyl (C=O) groups excluding carboxylic acids is 1. The number of halogens is 3. The molecule has 1 rings (SSSR count). The first-order valence-electron chi connectivity index (χ1n) is 4.98. The normalized spacial score (nSPS) is 12.3. The van der Waals surface area contributed by atoms with Crippen molar-refractivity contribution in [3.05, 3.63) is 28.4 Å². The van der Waals surface area contributed by atoms with Crippen LogP contribution in [0.1, 0.15) is 10.4 Å². The highest BCUT2D eigenvalue weighted by atomic mass is 127. The Bertz CT molecular complexity index is 673. The summed E-state index contributed by atoms with van der Waals surface area (Å²) in [6.45, 7) is -0.454. The fourth-order valence-corrected chi connectivity index (χ4v) is 4.03. The second-order valence-corrected chi connectivity index (χ2v) is 8.79. The van der Waals surface area contributed by atoms with Gasteiger partial charge in [0.05, 0.1) is 11.8 Å². The molecule has 1 aromatic carbocycles. The fourth-order valence-electron chi connectivity index (χ4n) is 1.19. The largest absolute Gasteiger partial charge is 0.860 e. The molecule has 0 saturated carbocycles. The predicted octanol–water partition coefficient (Wildman–Crippen LogP) is 0.949. The van der Waals surface area contributed by atoms with E-state index in [1.54, 1.807) is 6.07 Å². The Kier molecular flexibility index (Phi) is 6.91. The van der Waals surface area contributed by atoms with Crippen molar-refractivity contribution >= 4 is 89.6 Å². The number of benzene rings is 1. The van der Waals surface area contributed by atoms with Crippen LogP contribution < -0.4 is 10.4 Å². The van der Waals surface area contributed by atoms with Crippen LogP contribution in [0.25, 0.3) is 0 Å². The number of hydrogen-bond acceptors (Lipinski definition) is 4. The van der Waals surface area contributed by atoms with E-state index in [4.69, 9.17) is 0 Å². The molecule has 1 amide bonds. The minimum Gasteiger partial charge on any atom is -0.860 e. The van der Waals surface area contributed by atoms with Gasteiger partial charge in [0.15, 0.2) is 0 Å². The number of amides is 1. The summed E-state index contributed by atoms with van der Waals surface area (Å²) in [5.74, 6) is -1.35. The molecule has 1 aromatic rings. The lowest BCUT2D eigenvalue weighted by atomic mass is 10.2. The first-order chi connectivity index (χ1) is 9.10. The van der Waals surface area contributed by atoms with Gasteiger partial charge in [0, 0.05) is 17.3 Å². The van der Waals surface area contributed by atoms with Crippen molar-refractivity contribution in [1.82, 2.24) is 5.32 Å². The molecular weight excluding hydrogens is 625 g/mol. The third kappa shape index (κ3) is 5.97. The van der Waals surface area contributed by atoms with E-state index < -0.39 is 28.4 Å². The van der Waals surface area contributed by atoms with Crippen LogP contribution in [0.5, 0.6) is 0 Å². The van der Waals surface area contributed by atoms with Gasteiger partial charge in [-0.15, -0.1) is 0 Å². The lowest BCUT2D eigenvalue weighted by molar-refractivity contribution is -0.216. The van der Waals surface area contributed by atoms with E-state index in [1.165, 1.54) is 0 Å². The van der Waals surface area contributed by atoms with Gasteiger partial charge in [-0.1, -0.05) is 0 Å². The van der Waals surface area contributed by atoms with Crippen LogP contribution >= 0.6 is 67.8 Å². The molecule has 0 unspecified atom stereocenters. The summed E-state index contributed by atoms with van der Waals surface area (Å²) < 4.78 is 27.1. The summed E-state index contributed by atoms with van der Waals surface area (Å²) >= 11 is 6.24. The highest BCUT2D eigenvalue weighted by Gasteiger charge is 2.13. The summed E-state index contributed by atoms with van der Waals surface area (Å²) in [6.07, 6.45) is 0.817. The van der Waals surface area contributed by atoms with Crippen LogP contribution in [0.3, 0.4) is 0 Å². The minimum atomic E-state index is -3.74. The third-order valence-electron chi connectivity index (χ3n) is 1.91. The fraction of sp³-hybridized carbons (Fsp3) is 0.200. The third-order valence-corrected chi connectivity index (χ3v) is 6.11. The van der Waals surface area contributed by atoms with E-state index in [1.807, 2.05) is 28.7 Å². The number of carbonyl (C=O) groups is 1. The zero-order valence-electron chi connectivity index (χ0n) is 9.98. The van der Waals surface area contributed by atoms with E-state index in [2.05, 4.69) is 54.9 Å². The van der Waals surface area contributed by atoms with Crippen LogP contribution in [0.4, 0.5) is 0 Å². The van der Waals surface area contributed by atoms with Crippen molar-refractivity contribution in [2.45, 2.75) is 0 Å². The van der Waals surface area contributed by atoms with Crippen LogP contribution in [-0.4, -0.2) is 33.0 Å². The molecule has 10 heteroatoms. The molecule has 0 bridgehead atoms. The predicted molar refractivity (Wildman–Crippen MR) is 99.2 cm³/mol. The Balaban J connectivity index is 2.86. The van der Waals surface area contributed by atoms with Gasteiger partial charge >= 0.3 is 0 Å². The Labute approximate surface area is 157 Å². The molecule has 0 fully saturated rings. The lowest BCUT2D eigenvalue weighted by Crippen LogP contribution is -2.36. The zero-order valence-corrected chi connectivity index (χ0v) is 17.3. The van der Waals surface area contributed by atoms with E-state index in [0.29, 0.717) is 5.56 Å². The summed E-state index contributed by atoms with van der Waals surface area (Å²) in [7, 11) is -3.74. The molecule has 20 heavy (non-hydrogen) atoms. The molecule has 0 heterocycles. The van der Waals surface area contributed by atoms with E-state index in [-0.39, 0.29) is 0 Å². The second-order valence-electron chi connectivity index (χ2n) is 3.65. The Morgan fingerprint density at radius 2 is 1.95 bits per heavy atom. The molecule has 0 radical (unpaired) electrons. The Morgan fingerprint density at radius 3 is 2.50 bits per heavy atom. The van der Waals surface area contributed by atoms with Crippen molar-refractivity contribution in [3.8, 4) is 0 Å². The van der Waals surface area contributed by atoms with Gasteiger partial charge in [0.25, 0.3) is 5.91 Å². The molecule has 6 nitrogen and oxygen atoms in total. The SMILES string of the molecule is CS(=O)(=O)/N=C(/[O-])CNC(=O)c1cc(I)cc(I)c1I. The first kappa shape index (κ1) is 18.3. The Hall–Kier alpha value is 0.300. The molecule has 0 aliphatic carbocycles. The average Bonchev–Trinajstić information content (AvgIpc) is 2.28. The van der Waals surface area contributed by atoms with Crippen LogP contribution in [0.2, 0.25) is 0 Å². The molecule has 110 valence electrons. The topological polar surface area (TPSA) is 98.7 Å². The molecule has 0 saturated heterocycles. The van der Waals surface area contributed by atoms with Gasteiger partial charge in [-0.05, 0) is 85.8 Å². The average molecular weight is 633 g/mol. The quantitative estimate of drug-likeness (QED) is 0.231. The maximum Gasteiger partial charge on any atom is 0.252 e. The zero-order chi connectivity index (χ0) is 15.5.